The van der Waals surface area contributed by atoms with Gasteiger partial charge in [-0.2, -0.15) is 0 Å². The topological polar surface area (TPSA) is 112 Å². The van der Waals surface area contributed by atoms with E-state index < -0.39 is 24.1 Å². The molecule has 8 heteroatoms. The van der Waals surface area contributed by atoms with Crippen molar-refractivity contribution in [1.29, 1.82) is 0 Å². The van der Waals surface area contributed by atoms with Crippen LogP contribution in [-0.2, 0) is 30.4 Å². The quantitative estimate of drug-likeness (QED) is 0.207. The molecule has 0 saturated heterocycles. The number of aliphatic hydroxyl groups is 1. The van der Waals surface area contributed by atoms with Crippen LogP contribution in [0.4, 0.5) is 0 Å². The highest BCUT2D eigenvalue weighted by Gasteiger charge is 2.28. The van der Waals surface area contributed by atoms with Crippen molar-refractivity contribution in [3.8, 4) is 11.5 Å². The number of methoxy groups -OCH3 is 1. The third kappa shape index (κ3) is 6.29. The molecule has 0 spiro atoms. The number of hydrogen-bond donors (Lipinski definition) is 2. The fourth-order valence-electron chi connectivity index (χ4n) is 3.39. The van der Waals surface area contributed by atoms with Gasteiger partial charge in [-0.05, 0) is 17.7 Å². The zero-order valence-corrected chi connectivity index (χ0v) is 18.4. The fraction of sp³-hybridized carbons (Fsp3) is 0.280. The molecule has 0 unspecified atom stereocenters. The first kappa shape index (κ1) is 24.2. The van der Waals surface area contributed by atoms with E-state index in [1.54, 1.807) is 24.3 Å². The third-order valence-electron chi connectivity index (χ3n) is 5.02. The summed E-state index contributed by atoms with van der Waals surface area (Å²) in [6.45, 7) is 1.39. The molecule has 0 fully saturated rings. The minimum atomic E-state index is -1.36. The summed E-state index contributed by atoms with van der Waals surface area (Å²) in [5.41, 5.74) is 1.10. The maximum Gasteiger partial charge on any atom is 0.308 e. The van der Waals surface area contributed by atoms with Crippen LogP contribution in [0.1, 0.15) is 30.6 Å². The Balaban J connectivity index is 1.79. The van der Waals surface area contributed by atoms with Gasteiger partial charge in [0.1, 0.15) is 30.5 Å². The van der Waals surface area contributed by atoms with Crippen molar-refractivity contribution in [3.63, 3.8) is 0 Å². The lowest BCUT2D eigenvalue weighted by atomic mass is 9.97. The van der Waals surface area contributed by atoms with Gasteiger partial charge in [0, 0.05) is 23.3 Å². The van der Waals surface area contributed by atoms with E-state index >= 15 is 0 Å². The fourth-order valence-corrected chi connectivity index (χ4v) is 3.39. The summed E-state index contributed by atoms with van der Waals surface area (Å²) < 4.78 is 21.0. The summed E-state index contributed by atoms with van der Waals surface area (Å²) >= 11 is 0. The second kappa shape index (κ2) is 11.4. The van der Waals surface area contributed by atoms with Crippen LogP contribution in [-0.4, -0.2) is 42.2 Å². The molecule has 2 atom stereocenters. The molecule has 0 saturated carbocycles. The molecule has 33 heavy (non-hydrogen) atoms. The molecule has 0 aliphatic rings. The van der Waals surface area contributed by atoms with Crippen LogP contribution in [0.25, 0.3) is 10.8 Å². The van der Waals surface area contributed by atoms with E-state index in [4.69, 9.17) is 18.9 Å². The van der Waals surface area contributed by atoms with E-state index in [1.807, 2.05) is 30.3 Å². The smallest absolute Gasteiger partial charge is 0.308 e. The van der Waals surface area contributed by atoms with Gasteiger partial charge in [-0.3, -0.25) is 9.59 Å². The average Bonchev–Trinajstić information content (AvgIpc) is 2.81. The van der Waals surface area contributed by atoms with Gasteiger partial charge in [0.25, 0.3) is 0 Å². The summed E-state index contributed by atoms with van der Waals surface area (Å²) in [5.74, 6) is -1.00. The van der Waals surface area contributed by atoms with Crippen LogP contribution in [0.5, 0.6) is 11.5 Å². The molecule has 0 bridgehead atoms. The Morgan fingerprint density at radius 1 is 0.970 bits per heavy atom. The van der Waals surface area contributed by atoms with Crippen LogP contribution in [0.2, 0.25) is 0 Å². The lowest BCUT2D eigenvalue weighted by Crippen LogP contribution is -2.27. The van der Waals surface area contributed by atoms with Crippen LogP contribution in [0, 0.1) is 0 Å². The summed E-state index contributed by atoms with van der Waals surface area (Å²) in [6, 6.07) is 17.4. The van der Waals surface area contributed by atoms with Gasteiger partial charge in [-0.25, -0.2) is 0 Å². The Hall–Kier alpha value is -3.46. The van der Waals surface area contributed by atoms with Gasteiger partial charge < -0.3 is 29.2 Å². The molecule has 2 N–H and O–H groups in total. The zero-order chi connectivity index (χ0) is 23.8. The third-order valence-corrected chi connectivity index (χ3v) is 5.02. The predicted molar refractivity (Wildman–Crippen MR) is 119 cm³/mol. The van der Waals surface area contributed by atoms with Crippen LogP contribution < -0.4 is 4.74 Å². The molecule has 0 radical (unpaired) electrons. The van der Waals surface area contributed by atoms with E-state index in [9.17, 15) is 19.8 Å². The maximum absolute atomic E-state index is 11.9. The largest absolute Gasteiger partial charge is 0.507 e. The number of ether oxygens (including phenoxy) is 4. The molecule has 0 heterocycles. The molecule has 3 rings (SSSR count). The van der Waals surface area contributed by atoms with Gasteiger partial charge in [-0.1, -0.05) is 48.5 Å². The first-order chi connectivity index (χ1) is 15.9. The van der Waals surface area contributed by atoms with Crippen LogP contribution in [0.15, 0.2) is 60.7 Å². The number of carbonyl (C=O) groups is 2. The molecule has 0 aliphatic carbocycles. The Morgan fingerprint density at radius 2 is 1.73 bits per heavy atom. The Kier molecular flexibility index (Phi) is 8.37. The monoisotopic (exact) mass is 454 g/mol. The number of fused-ring (bicyclic) bond motifs is 1. The van der Waals surface area contributed by atoms with E-state index in [-0.39, 0.29) is 30.3 Å². The van der Waals surface area contributed by atoms with E-state index in [0.29, 0.717) is 17.4 Å². The normalized spacial score (nSPS) is 12.8. The van der Waals surface area contributed by atoms with Gasteiger partial charge in [0.15, 0.2) is 0 Å². The summed E-state index contributed by atoms with van der Waals surface area (Å²) in [5, 5.41) is 22.7. The Morgan fingerprint density at radius 3 is 2.42 bits per heavy atom. The first-order valence-corrected chi connectivity index (χ1v) is 10.3. The number of esters is 2. The molecule has 174 valence electrons. The molecular formula is C25H26O8. The number of aliphatic hydroxyl groups excluding tert-OH is 1. The SMILES string of the molecule is COC(=O)C[C@@H](OCOCc1ccccc1)[C@H](O)c1ccc2c(OC(C)=O)cccc2c1O. The number of carbonyl (C=O) groups excluding carboxylic acids is 2. The number of benzene rings is 3. The lowest BCUT2D eigenvalue weighted by Gasteiger charge is -2.24. The predicted octanol–water partition coefficient (Wildman–Crippen LogP) is 3.63. The number of aromatic hydroxyl groups is 1. The summed E-state index contributed by atoms with van der Waals surface area (Å²) in [4.78, 5) is 23.2. The Labute approximate surface area is 191 Å². The number of phenolic OH excluding ortho intramolecular Hbond substituents is 1. The minimum absolute atomic E-state index is 0.152. The molecule has 0 aromatic heterocycles. The van der Waals surface area contributed by atoms with Gasteiger partial charge >= 0.3 is 11.9 Å². The van der Waals surface area contributed by atoms with Crippen molar-refractivity contribution in [3.05, 3.63) is 71.8 Å². The van der Waals surface area contributed by atoms with Crippen molar-refractivity contribution >= 4 is 22.7 Å². The Bertz CT molecular complexity index is 1100. The highest BCUT2D eigenvalue weighted by molar-refractivity contribution is 5.95. The number of rotatable bonds is 10. The lowest BCUT2D eigenvalue weighted by molar-refractivity contribution is -0.158. The molecule has 0 amide bonds. The molecule has 0 aliphatic heterocycles. The van der Waals surface area contributed by atoms with Crippen LogP contribution >= 0.6 is 0 Å². The highest BCUT2D eigenvalue weighted by atomic mass is 16.7. The van der Waals surface area contributed by atoms with E-state index in [2.05, 4.69) is 0 Å². The number of hydrogen-bond acceptors (Lipinski definition) is 8. The highest BCUT2D eigenvalue weighted by Crippen LogP contribution is 2.38. The minimum Gasteiger partial charge on any atom is -0.507 e. The second-order valence-electron chi connectivity index (χ2n) is 7.33. The standard InChI is InChI=1S/C25H26O8/c1-16(26)33-21-10-6-9-19-18(21)11-12-20(24(19)28)25(29)22(13-23(27)30-2)32-15-31-14-17-7-4-3-5-8-17/h3-12,22,25,28-29H,13-15H2,1-2H3/t22-,25-/m1/s1. The van der Waals surface area contributed by atoms with Crippen molar-refractivity contribution in [2.24, 2.45) is 0 Å². The van der Waals surface area contributed by atoms with Crippen molar-refractivity contribution in [1.82, 2.24) is 0 Å². The first-order valence-electron chi connectivity index (χ1n) is 10.3. The van der Waals surface area contributed by atoms with E-state index in [1.165, 1.54) is 20.1 Å². The molecular weight excluding hydrogens is 428 g/mol. The van der Waals surface area contributed by atoms with Crippen LogP contribution in [0.3, 0.4) is 0 Å². The maximum atomic E-state index is 11.9. The second-order valence-corrected chi connectivity index (χ2v) is 7.33. The summed E-state index contributed by atoms with van der Waals surface area (Å²) in [6.07, 6.45) is -2.64. The molecule has 3 aromatic carbocycles. The number of phenols is 1. The van der Waals surface area contributed by atoms with Crippen molar-refractivity contribution < 1.29 is 38.7 Å². The molecule has 8 nitrogen and oxygen atoms in total. The van der Waals surface area contributed by atoms with Gasteiger partial charge in [0.05, 0.1) is 20.1 Å². The van der Waals surface area contributed by atoms with E-state index in [0.717, 1.165) is 5.56 Å². The average molecular weight is 454 g/mol. The zero-order valence-electron chi connectivity index (χ0n) is 18.4. The van der Waals surface area contributed by atoms with Gasteiger partial charge in [0.2, 0.25) is 0 Å². The molecule has 3 aromatic rings. The van der Waals surface area contributed by atoms with Crippen molar-refractivity contribution in [2.45, 2.75) is 32.2 Å². The van der Waals surface area contributed by atoms with Crippen molar-refractivity contribution in [2.75, 3.05) is 13.9 Å². The summed E-state index contributed by atoms with van der Waals surface area (Å²) in [7, 11) is 1.24. The van der Waals surface area contributed by atoms with Gasteiger partial charge in [-0.15, -0.1) is 0 Å².